The normalized spacial score (nSPS) is 19.7. The van der Waals surface area contributed by atoms with Crippen LogP contribution in [0.3, 0.4) is 0 Å². The van der Waals surface area contributed by atoms with E-state index in [1.54, 1.807) is 0 Å². The molecule has 1 saturated heterocycles. The van der Waals surface area contributed by atoms with Crippen LogP contribution < -0.4 is 0 Å². The minimum absolute atomic E-state index is 0.256. The summed E-state index contributed by atoms with van der Waals surface area (Å²) in [7, 11) is 0. The molecule has 1 aliphatic rings. The predicted octanol–water partition coefficient (Wildman–Crippen LogP) is 2.14. The highest BCUT2D eigenvalue weighted by atomic mass is 16.5. The first-order chi connectivity index (χ1) is 9.24. The van der Waals surface area contributed by atoms with E-state index >= 15 is 0 Å². The van der Waals surface area contributed by atoms with E-state index in [-0.39, 0.29) is 12.5 Å². The zero-order valence-corrected chi connectivity index (χ0v) is 11.1. The van der Waals surface area contributed by atoms with Gasteiger partial charge in [-0.15, -0.1) is 0 Å². The Balaban J connectivity index is 1.63. The Morgan fingerprint density at radius 2 is 2.16 bits per heavy atom. The van der Waals surface area contributed by atoms with Gasteiger partial charge in [-0.25, -0.2) is 0 Å². The van der Waals surface area contributed by atoms with Crippen molar-refractivity contribution < 1.29 is 14.6 Å². The lowest BCUT2D eigenvalue weighted by Gasteiger charge is -2.15. The molecule has 1 fully saturated rings. The van der Waals surface area contributed by atoms with Crippen LogP contribution in [-0.2, 0) is 16.1 Å². The van der Waals surface area contributed by atoms with Gasteiger partial charge in [0.05, 0.1) is 12.7 Å². The topological polar surface area (TPSA) is 49.8 Å². The molecule has 19 heavy (non-hydrogen) atoms. The SMILES string of the molecule is O=C(O)CCCN1CC[C@@H](OCc2ccccc2)C1. The fraction of sp³-hybridized carbons (Fsp3) is 0.533. The number of ether oxygens (including phenoxy) is 1. The fourth-order valence-corrected chi connectivity index (χ4v) is 2.38. The molecule has 1 aromatic rings. The molecule has 4 nitrogen and oxygen atoms in total. The molecule has 0 spiro atoms. The van der Waals surface area contributed by atoms with E-state index in [1.807, 2.05) is 18.2 Å². The first kappa shape index (κ1) is 14.0. The summed E-state index contributed by atoms with van der Waals surface area (Å²) in [6.45, 7) is 3.46. The lowest BCUT2D eigenvalue weighted by Crippen LogP contribution is -2.24. The Kier molecular flexibility index (Phi) is 5.36. The molecule has 4 heteroatoms. The van der Waals surface area contributed by atoms with E-state index in [2.05, 4.69) is 17.0 Å². The van der Waals surface area contributed by atoms with Gasteiger partial charge >= 0.3 is 5.97 Å². The van der Waals surface area contributed by atoms with E-state index in [0.29, 0.717) is 6.61 Å². The fourth-order valence-electron chi connectivity index (χ4n) is 2.38. The quantitative estimate of drug-likeness (QED) is 0.819. The lowest BCUT2D eigenvalue weighted by molar-refractivity contribution is -0.137. The van der Waals surface area contributed by atoms with Crippen molar-refractivity contribution in [2.75, 3.05) is 19.6 Å². The van der Waals surface area contributed by atoms with Crippen molar-refractivity contribution in [2.24, 2.45) is 0 Å². The monoisotopic (exact) mass is 263 g/mol. The number of hydrogen-bond acceptors (Lipinski definition) is 3. The Hall–Kier alpha value is -1.39. The third-order valence-corrected chi connectivity index (χ3v) is 3.42. The first-order valence-corrected chi connectivity index (χ1v) is 6.84. The number of nitrogens with zero attached hydrogens (tertiary/aromatic N) is 1. The Morgan fingerprint density at radius 1 is 1.37 bits per heavy atom. The molecule has 1 atom stereocenters. The van der Waals surface area contributed by atoms with Crippen LogP contribution >= 0.6 is 0 Å². The van der Waals surface area contributed by atoms with Crippen LogP contribution in [-0.4, -0.2) is 41.7 Å². The number of rotatable bonds is 7. The standard InChI is InChI=1S/C15H21NO3/c17-15(18)7-4-9-16-10-8-14(11-16)19-12-13-5-2-1-3-6-13/h1-3,5-6,14H,4,7-12H2,(H,17,18)/t14-/m1/s1. The zero-order valence-electron chi connectivity index (χ0n) is 11.1. The summed E-state index contributed by atoms with van der Waals surface area (Å²) < 4.78 is 5.89. The number of carboxylic acid groups (broad SMARTS) is 1. The molecule has 0 amide bonds. The molecule has 0 aliphatic carbocycles. The predicted molar refractivity (Wildman–Crippen MR) is 72.9 cm³/mol. The molecular weight excluding hydrogens is 242 g/mol. The molecule has 2 rings (SSSR count). The highest BCUT2D eigenvalue weighted by Crippen LogP contribution is 2.15. The molecule has 1 aliphatic heterocycles. The molecule has 1 aromatic carbocycles. The van der Waals surface area contributed by atoms with Gasteiger partial charge in [-0.05, 0) is 24.9 Å². The molecule has 1 heterocycles. The molecule has 0 bridgehead atoms. The second-order valence-corrected chi connectivity index (χ2v) is 5.01. The zero-order chi connectivity index (χ0) is 13.5. The molecule has 1 N–H and O–H groups in total. The van der Waals surface area contributed by atoms with Crippen molar-refractivity contribution in [3.05, 3.63) is 35.9 Å². The van der Waals surface area contributed by atoms with Gasteiger partial charge in [0, 0.05) is 19.5 Å². The van der Waals surface area contributed by atoms with Crippen LogP contribution in [0.5, 0.6) is 0 Å². The summed E-state index contributed by atoms with van der Waals surface area (Å²) in [5.41, 5.74) is 1.20. The summed E-state index contributed by atoms with van der Waals surface area (Å²) in [5.74, 6) is -0.712. The lowest BCUT2D eigenvalue weighted by atomic mass is 10.2. The summed E-state index contributed by atoms with van der Waals surface area (Å²) in [4.78, 5) is 12.7. The molecule has 0 aromatic heterocycles. The maximum Gasteiger partial charge on any atom is 0.303 e. The number of carboxylic acids is 1. The molecule has 0 saturated carbocycles. The maximum absolute atomic E-state index is 10.5. The second kappa shape index (κ2) is 7.26. The van der Waals surface area contributed by atoms with Gasteiger partial charge in [-0.1, -0.05) is 30.3 Å². The average molecular weight is 263 g/mol. The van der Waals surface area contributed by atoms with E-state index in [1.165, 1.54) is 5.56 Å². The van der Waals surface area contributed by atoms with Crippen molar-refractivity contribution >= 4 is 5.97 Å². The van der Waals surface area contributed by atoms with Crippen molar-refractivity contribution in [3.63, 3.8) is 0 Å². The van der Waals surface area contributed by atoms with Crippen molar-refractivity contribution in [1.29, 1.82) is 0 Å². The first-order valence-electron chi connectivity index (χ1n) is 6.84. The average Bonchev–Trinajstić information content (AvgIpc) is 2.85. The molecule has 104 valence electrons. The third-order valence-electron chi connectivity index (χ3n) is 3.42. The van der Waals surface area contributed by atoms with Gasteiger partial charge in [-0.2, -0.15) is 0 Å². The Labute approximate surface area is 114 Å². The van der Waals surface area contributed by atoms with Gasteiger partial charge < -0.3 is 14.7 Å². The second-order valence-electron chi connectivity index (χ2n) is 5.01. The van der Waals surface area contributed by atoms with Crippen LogP contribution in [0.4, 0.5) is 0 Å². The van der Waals surface area contributed by atoms with Gasteiger partial charge in [0.2, 0.25) is 0 Å². The number of hydrogen-bond donors (Lipinski definition) is 1. The maximum atomic E-state index is 10.5. The molecular formula is C15H21NO3. The minimum Gasteiger partial charge on any atom is -0.481 e. The van der Waals surface area contributed by atoms with Crippen molar-refractivity contribution in [1.82, 2.24) is 4.90 Å². The van der Waals surface area contributed by atoms with Crippen LogP contribution in [0.25, 0.3) is 0 Å². The highest BCUT2D eigenvalue weighted by Gasteiger charge is 2.22. The minimum atomic E-state index is -0.712. The van der Waals surface area contributed by atoms with Crippen molar-refractivity contribution in [3.8, 4) is 0 Å². The molecule has 0 radical (unpaired) electrons. The molecule has 0 unspecified atom stereocenters. The van der Waals surface area contributed by atoms with E-state index in [4.69, 9.17) is 9.84 Å². The number of aliphatic carboxylic acids is 1. The van der Waals surface area contributed by atoms with Crippen LogP contribution in [0.2, 0.25) is 0 Å². The Bertz CT molecular complexity index is 394. The smallest absolute Gasteiger partial charge is 0.303 e. The number of likely N-dealkylation sites (tertiary alicyclic amines) is 1. The van der Waals surface area contributed by atoms with Gasteiger partial charge in [0.25, 0.3) is 0 Å². The number of benzene rings is 1. The van der Waals surface area contributed by atoms with Crippen LogP contribution in [0.15, 0.2) is 30.3 Å². The van der Waals surface area contributed by atoms with E-state index in [9.17, 15) is 4.79 Å². The van der Waals surface area contributed by atoms with Gasteiger partial charge in [0.1, 0.15) is 0 Å². The summed E-state index contributed by atoms with van der Waals surface area (Å²) in [6.07, 6.45) is 2.30. The van der Waals surface area contributed by atoms with Gasteiger partial charge in [-0.3, -0.25) is 4.79 Å². The van der Waals surface area contributed by atoms with Gasteiger partial charge in [0.15, 0.2) is 0 Å². The Morgan fingerprint density at radius 3 is 2.89 bits per heavy atom. The third kappa shape index (κ3) is 5.01. The summed E-state index contributed by atoms with van der Waals surface area (Å²) in [5, 5.41) is 8.61. The largest absolute Gasteiger partial charge is 0.481 e. The summed E-state index contributed by atoms with van der Waals surface area (Å²) in [6, 6.07) is 10.2. The van der Waals surface area contributed by atoms with Crippen LogP contribution in [0, 0.1) is 0 Å². The van der Waals surface area contributed by atoms with Crippen molar-refractivity contribution in [2.45, 2.75) is 32.0 Å². The summed E-state index contributed by atoms with van der Waals surface area (Å²) >= 11 is 0. The number of carbonyl (C=O) groups is 1. The van der Waals surface area contributed by atoms with Crippen LogP contribution in [0.1, 0.15) is 24.8 Å². The van der Waals surface area contributed by atoms with E-state index < -0.39 is 5.97 Å². The highest BCUT2D eigenvalue weighted by molar-refractivity contribution is 5.66. The van der Waals surface area contributed by atoms with E-state index in [0.717, 1.165) is 32.5 Å².